The van der Waals surface area contributed by atoms with Crippen LogP contribution in [0.25, 0.3) is 65.9 Å². The van der Waals surface area contributed by atoms with Gasteiger partial charge in [0.1, 0.15) is 5.82 Å². The minimum Gasteiger partial charge on any atom is -0.307 e. The number of aliphatic imine (C=N–C) groups is 2. The zero-order chi connectivity index (χ0) is 32.9. The van der Waals surface area contributed by atoms with Crippen molar-refractivity contribution in [1.29, 1.82) is 0 Å². The second-order valence-corrected chi connectivity index (χ2v) is 12.4. The third-order valence-electron chi connectivity index (χ3n) is 9.45. The number of fused-ring (bicyclic) bond motifs is 8. The van der Waals surface area contributed by atoms with Crippen LogP contribution in [0.5, 0.6) is 0 Å². The quantitative estimate of drug-likeness (QED) is 0.134. The van der Waals surface area contributed by atoms with E-state index in [0.717, 1.165) is 60.8 Å². The molecule has 0 aliphatic heterocycles. The molecule has 0 aliphatic rings. The number of amidine groups is 1. The van der Waals surface area contributed by atoms with Gasteiger partial charge in [-0.1, -0.05) is 140 Å². The first-order chi connectivity index (χ1) is 24.2. The van der Waals surface area contributed by atoms with Crippen molar-refractivity contribution >= 4 is 71.8 Å². The molecule has 0 amide bonds. The van der Waals surface area contributed by atoms with E-state index >= 15 is 0 Å². The number of aromatic nitrogens is 2. The van der Waals surface area contributed by atoms with Crippen molar-refractivity contribution < 1.29 is 0 Å². The minimum atomic E-state index is 0.594. The molecule has 4 nitrogen and oxygen atoms in total. The van der Waals surface area contributed by atoms with E-state index in [0.29, 0.717) is 11.7 Å². The van der Waals surface area contributed by atoms with E-state index in [1.807, 2.05) is 25.1 Å². The second kappa shape index (κ2) is 11.6. The monoisotopic (exact) mass is 628 g/mol. The highest BCUT2D eigenvalue weighted by molar-refractivity contribution is 6.24. The summed E-state index contributed by atoms with van der Waals surface area (Å²) in [7, 11) is 0. The molecule has 2 aromatic heterocycles. The maximum Gasteiger partial charge on any atom is 0.161 e. The van der Waals surface area contributed by atoms with Gasteiger partial charge >= 0.3 is 0 Å². The fourth-order valence-corrected chi connectivity index (χ4v) is 7.17. The summed E-state index contributed by atoms with van der Waals surface area (Å²) in [5.74, 6) is 1.20. The Morgan fingerprint density at radius 1 is 0.490 bits per heavy atom. The molecule has 232 valence electrons. The molecule has 9 aromatic rings. The summed E-state index contributed by atoms with van der Waals surface area (Å²) < 4.78 is 4.60. The van der Waals surface area contributed by atoms with Crippen LogP contribution in [-0.2, 0) is 0 Å². The lowest BCUT2D eigenvalue weighted by molar-refractivity contribution is 1.15. The Bertz CT molecular complexity index is 2780. The van der Waals surface area contributed by atoms with Gasteiger partial charge in [0.25, 0.3) is 0 Å². The van der Waals surface area contributed by atoms with Gasteiger partial charge in [-0.05, 0) is 53.6 Å². The van der Waals surface area contributed by atoms with Crippen LogP contribution in [0.2, 0.25) is 0 Å². The minimum absolute atomic E-state index is 0.594. The smallest absolute Gasteiger partial charge is 0.161 e. The molecule has 9 rings (SSSR count). The number of para-hydroxylation sites is 3. The average molecular weight is 629 g/mol. The van der Waals surface area contributed by atoms with E-state index in [-0.39, 0.29) is 0 Å². The highest BCUT2D eigenvalue weighted by atomic mass is 15.1. The van der Waals surface area contributed by atoms with Gasteiger partial charge < -0.3 is 4.57 Å². The van der Waals surface area contributed by atoms with Crippen LogP contribution in [0.1, 0.15) is 18.1 Å². The molecule has 0 radical (unpaired) electrons. The second-order valence-electron chi connectivity index (χ2n) is 12.4. The molecular weight excluding hydrogens is 597 g/mol. The molecule has 0 fully saturated rings. The number of nitrogens with zero attached hydrogens (tertiary/aromatic N) is 4. The number of hydrogen-bond donors (Lipinski definition) is 0. The highest BCUT2D eigenvalue weighted by Crippen LogP contribution is 2.41. The summed E-state index contributed by atoms with van der Waals surface area (Å²) >= 11 is 0. The van der Waals surface area contributed by atoms with E-state index in [4.69, 9.17) is 9.98 Å². The van der Waals surface area contributed by atoms with E-state index in [1.54, 1.807) is 0 Å². The Kier molecular flexibility index (Phi) is 6.80. The lowest BCUT2D eigenvalue weighted by Gasteiger charge is -2.13. The number of benzene rings is 7. The van der Waals surface area contributed by atoms with Gasteiger partial charge in [0.15, 0.2) is 5.84 Å². The Balaban J connectivity index is 1.35. The molecule has 4 heteroatoms. The first-order valence-corrected chi connectivity index (χ1v) is 16.5. The van der Waals surface area contributed by atoms with Gasteiger partial charge in [-0.2, -0.15) is 0 Å². The van der Waals surface area contributed by atoms with Crippen molar-refractivity contribution in [3.05, 3.63) is 181 Å². The number of hydrogen-bond acceptors (Lipinski definition) is 1. The van der Waals surface area contributed by atoms with Crippen LogP contribution in [0.3, 0.4) is 0 Å². The van der Waals surface area contributed by atoms with Crippen LogP contribution in [-0.4, -0.2) is 20.7 Å². The SMILES string of the molecule is C=C(N=C(N=C(C)c1ccccc1)c1ccc2ccccc2c1)n1c2ccccc2c2ccc3c4ccccc4n(-c4ccccc4)c3c21. The summed E-state index contributed by atoms with van der Waals surface area (Å²) in [4.78, 5) is 10.5. The Hall–Kier alpha value is -6.52. The first-order valence-electron chi connectivity index (χ1n) is 16.5. The summed E-state index contributed by atoms with van der Waals surface area (Å²) in [5.41, 5.74) is 8.35. The largest absolute Gasteiger partial charge is 0.307 e. The van der Waals surface area contributed by atoms with Gasteiger partial charge in [0.2, 0.25) is 0 Å². The summed E-state index contributed by atoms with van der Waals surface area (Å²) in [6.45, 7) is 6.70. The summed E-state index contributed by atoms with van der Waals surface area (Å²) in [6, 6.07) is 57.3. The van der Waals surface area contributed by atoms with Crippen LogP contribution in [0.4, 0.5) is 0 Å². The van der Waals surface area contributed by atoms with Crippen LogP contribution in [0, 0.1) is 0 Å². The predicted molar refractivity (Wildman–Crippen MR) is 208 cm³/mol. The van der Waals surface area contributed by atoms with Crippen molar-refractivity contribution in [1.82, 2.24) is 9.13 Å². The van der Waals surface area contributed by atoms with E-state index in [2.05, 4.69) is 161 Å². The summed E-state index contributed by atoms with van der Waals surface area (Å²) in [6.07, 6.45) is 0. The normalized spacial score (nSPS) is 12.5. The molecular formula is C45H32N4. The molecule has 0 atom stereocenters. The molecule has 7 aromatic carbocycles. The molecule has 0 bridgehead atoms. The van der Waals surface area contributed by atoms with E-state index < -0.39 is 0 Å². The van der Waals surface area contributed by atoms with Gasteiger partial charge in [0, 0.05) is 38.5 Å². The Morgan fingerprint density at radius 3 is 1.84 bits per heavy atom. The lowest BCUT2D eigenvalue weighted by atomic mass is 10.1. The van der Waals surface area contributed by atoms with Gasteiger partial charge in [0.05, 0.1) is 22.1 Å². The lowest BCUT2D eigenvalue weighted by Crippen LogP contribution is -2.06. The molecule has 0 saturated heterocycles. The Labute approximate surface area is 284 Å². The maximum absolute atomic E-state index is 5.31. The van der Waals surface area contributed by atoms with Crippen molar-refractivity contribution in [2.75, 3.05) is 0 Å². The van der Waals surface area contributed by atoms with Crippen LogP contribution < -0.4 is 0 Å². The molecule has 0 N–H and O–H groups in total. The zero-order valence-electron chi connectivity index (χ0n) is 27.1. The summed E-state index contributed by atoms with van der Waals surface area (Å²) in [5, 5.41) is 6.99. The third-order valence-corrected chi connectivity index (χ3v) is 9.45. The van der Waals surface area contributed by atoms with Gasteiger partial charge in [-0.15, -0.1) is 0 Å². The van der Waals surface area contributed by atoms with Gasteiger partial charge in [-0.3, -0.25) is 4.57 Å². The topological polar surface area (TPSA) is 34.6 Å². The zero-order valence-corrected chi connectivity index (χ0v) is 27.1. The van der Waals surface area contributed by atoms with Crippen molar-refractivity contribution in [3.8, 4) is 5.69 Å². The van der Waals surface area contributed by atoms with Crippen LogP contribution in [0.15, 0.2) is 180 Å². The molecule has 0 unspecified atom stereocenters. The number of rotatable bonds is 5. The van der Waals surface area contributed by atoms with E-state index in [1.165, 1.54) is 16.2 Å². The highest BCUT2D eigenvalue weighted by Gasteiger charge is 2.21. The molecule has 2 heterocycles. The van der Waals surface area contributed by atoms with Crippen molar-refractivity contribution in [3.63, 3.8) is 0 Å². The van der Waals surface area contributed by atoms with Gasteiger partial charge in [-0.25, -0.2) is 9.98 Å². The first kappa shape index (κ1) is 28.7. The maximum atomic E-state index is 5.31. The van der Waals surface area contributed by atoms with Crippen molar-refractivity contribution in [2.24, 2.45) is 9.98 Å². The molecule has 0 spiro atoms. The van der Waals surface area contributed by atoms with Crippen molar-refractivity contribution in [2.45, 2.75) is 6.92 Å². The fraction of sp³-hybridized carbons (Fsp3) is 0.0222. The molecule has 0 aliphatic carbocycles. The van der Waals surface area contributed by atoms with Crippen LogP contribution >= 0.6 is 0 Å². The Morgan fingerprint density at radius 2 is 1.08 bits per heavy atom. The third kappa shape index (κ3) is 4.77. The standard InChI is InChI=1S/C45H32N4/c1-30(32-15-5-3-6-16-32)46-45(35-26-25-33-17-9-10-18-34(33)29-35)47-31(2)48-41-23-13-11-21-37(41)39-27-28-40-38-22-12-14-24-42(38)49(44(40)43(39)48)36-19-7-4-8-20-36/h3-29H,2H2,1H3. The fourth-order valence-electron chi connectivity index (χ4n) is 7.17. The average Bonchev–Trinajstić information content (AvgIpc) is 3.68. The molecule has 49 heavy (non-hydrogen) atoms. The van der Waals surface area contributed by atoms with E-state index in [9.17, 15) is 0 Å². The predicted octanol–water partition coefficient (Wildman–Crippen LogP) is 11.4. The molecule has 0 saturated carbocycles.